The van der Waals surface area contributed by atoms with Crippen LogP contribution >= 0.6 is 0 Å². The van der Waals surface area contributed by atoms with Gasteiger partial charge in [0.2, 0.25) is 26.0 Å². The minimum absolute atomic E-state index is 0.0413. The zero-order chi connectivity index (χ0) is 22.6. The van der Waals surface area contributed by atoms with Crippen LogP contribution in [0.3, 0.4) is 0 Å². The number of piperidine rings is 1. The first-order chi connectivity index (χ1) is 14.6. The molecule has 2 heterocycles. The van der Waals surface area contributed by atoms with Crippen LogP contribution < -0.4 is 5.32 Å². The highest BCUT2D eigenvalue weighted by Gasteiger charge is 2.32. The lowest BCUT2D eigenvalue weighted by atomic mass is 9.97. The molecule has 9 nitrogen and oxygen atoms in total. The van der Waals surface area contributed by atoms with Crippen LogP contribution in [0, 0.1) is 19.8 Å². The predicted molar refractivity (Wildman–Crippen MR) is 117 cm³/mol. The summed E-state index contributed by atoms with van der Waals surface area (Å²) in [5.41, 5.74) is 1.95. The number of sulfonamides is 2. The number of hydrogen-bond acceptors (Lipinski definition) is 6. The number of morpholine rings is 1. The quantitative estimate of drug-likeness (QED) is 0.616. The zero-order valence-corrected chi connectivity index (χ0v) is 19.7. The SMILES string of the molecule is Cc1ccc(S(=O)(=O)N2CCC(C(=O)NCCS(=O)(=O)N3CCOCC3)CC2)cc1C. The summed E-state index contributed by atoms with van der Waals surface area (Å²) < 4.78 is 58.4. The van der Waals surface area contributed by atoms with Gasteiger partial charge in [-0.15, -0.1) is 0 Å². The normalized spacial score (nSPS) is 19.9. The average molecular weight is 474 g/mol. The van der Waals surface area contributed by atoms with E-state index in [0.717, 1.165) is 11.1 Å². The minimum Gasteiger partial charge on any atom is -0.379 e. The Morgan fingerprint density at radius 3 is 2.26 bits per heavy atom. The van der Waals surface area contributed by atoms with Gasteiger partial charge in [-0.1, -0.05) is 6.07 Å². The first-order valence-corrected chi connectivity index (χ1v) is 13.6. The highest BCUT2D eigenvalue weighted by atomic mass is 32.2. The van der Waals surface area contributed by atoms with Crippen LogP contribution in [0.25, 0.3) is 0 Å². The number of nitrogens with zero attached hydrogens (tertiary/aromatic N) is 2. The molecule has 3 rings (SSSR count). The number of amides is 1. The van der Waals surface area contributed by atoms with Gasteiger partial charge < -0.3 is 10.1 Å². The Labute approximate surface area is 184 Å². The summed E-state index contributed by atoms with van der Waals surface area (Å²) in [6.07, 6.45) is 0.818. The fourth-order valence-corrected chi connectivity index (χ4v) is 6.66. The topological polar surface area (TPSA) is 113 Å². The van der Waals surface area contributed by atoms with Gasteiger partial charge in [0.15, 0.2) is 0 Å². The second-order valence-electron chi connectivity index (χ2n) is 8.04. The fraction of sp³-hybridized carbons (Fsp3) is 0.650. The van der Waals surface area contributed by atoms with Crippen LogP contribution in [0.4, 0.5) is 0 Å². The van der Waals surface area contributed by atoms with Crippen LogP contribution in [0.1, 0.15) is 24.0 Å². The van der Waals surface area contributed by atoms with Crippen molar-refractivity contribution in [3.8, 4) is 0 Å². The number of hydrogen-bond donors (Lipinski definition) is 1. The highest BCUT2D eigenvalue weighted by Crippen LogP contribution is 2.25. The second kappa shape index (κ2) is 9.95. The van der Waals surface area contributed by atoms with Crippen LogP contribution in [0.5, 0.6) is 0 Å². The average Bonchev–Trinajstić information content (AvgIpc) is 2.76. The molecule has 0 radical (unpaired) electrons. The summed E-state index contributed by atoms with van der Waals surface area (Å²) in [7, 11) is -7.02. The van der Waals surface area contributed by atoms with Gasteiger partial charge in [-0.2, -0.15) is 8.61 Å². The van der Waals surface area contributed by atoms with E-state index >= 15 is 0 Å². The molecule has 174 valence electrons. The molecule has 2 aliphatic rings. The molecular formula is C20H31N3O6S2. The van der Waals surface area contributed by atoms with Crippen molar-refractivity contribution in [1.82, 2.24) is 13.9 Å². The largest absolute Gasteiger partial charge is 0.379 e. The Balaban J connectivity index is 1.48. The molecular weight excluding hydrogens is 442 g/mol. The lowest BCUT2D eigenvalue weighted by molar-refractivity contribution is -0.125. The van der Waals surface area contributed by atoms with Gasteiger partial charge in [0, 0.05) is 38.6 Å². The smallest absolute Gasteiger partial charge is 0.243 e. The van der Waals surface area contributed by atoms with Gasteiger partial charge in [-0.25, -0.2) is 16.8 Å². The monoisotopic (exact) mass is 473 g/mol. The number of rotatable bonds is 7. The van der Waals surface area contributed by atoms with Crippen LogP contribution in [-0.2, 0) is 29.6 Å². The Morgan fingerprint density at radius 2 is 1.65 bits per heavy atom. The molecule has 1 amide bonds. The van der Waals surface area contributed by atoms with Crippen molar-refractivity contribution in [3.63, 3.8) is 0 Å². The van der Waals surface area contributed by atoms with Gasteiger partial charge in [-0.05, 0) is 49.9 Å². The molecule has 0 unspecified atom stereocenters. The van der Waals surface area contributed by atoms with Crippen LogP contribution in [0.2, 0.25) is 0 Å². The van der Waals surface area contributed by atoms with Gasteiger partial charge in [0.25, 0.3) is 0 Å². The summed E-state index contributed by atoms with van der Waals surface area (Å²) >= 11 is 0. The van der Waals surface area contributed by atoms with E-state index in [1.807, 2.05) is 13.8 Å². The maximum atomic E-state index is 12.9. The molecule has 2 fully saturated rings. The maximum absolute atomic E-state index is 12.9. The van der Waals surface area contributed by atoms with Gasteiger partial charge >= 0.3 is 0 Å². The molecule has 1 N–H and O–H groups in total. The molecule has 0 aromatic heterocycles. The zero-order valence-electron chi connectivity index (χ0n) is 18.0. The third kappa shape index (κ3) is 5.83. The van der Waals surface area contributed by atoms with Crippen molar-refractivity contribution in [3.05, 3.63) is 29.3 Å². The molecule has 0 saturated carbocycles. The first kappa shape index (κ1) is 24.1. The number of carbonyl (C=O) groups excluding carboxylic acids is 1. The molecule has 0 aliphatic carbocycles. The standard InChI is InChI=1S/C20H31N3O6S2/c1-16-3-4-19(15-17(16)2)31(27,28)23-8-5-18(6-9-23)20(24)21-7-14-30(25,26)22-10-12-29-13-11-22/h3-4,15,18H,5-14H2,1-2H3,(H,21,24). The molecule has 1 aromatic carbocycles. The Kier molecular flexibility index (Phi) is 7.74. The van der Waals surface area contributed by atoms with Gasteiger partial charge in [0.05, 0.1) is 23.9 Å². The van der Waals surface area contributed by atoms with Crippen molar-refractivity contribution >= 4 is 26.0 Å². The minimum atomic E-state index is -3.59. The number of ether oxygens (including phenoxy) is 1. The summed E-state index contributed by atoms with van der Waals surface area (Å²) in [6, 6.07) is 5.09. The predicted octanol–water partition coefficient (Wildman–Crippen LogP) is 0.482. The van der Waals surface area contributed by atoms with E-state index in [1.165, 1.54) is 8.61 Å². The summed E-state index contributed by atoms with van der Waals surface area (Å²) in [4.78, 5) is 12.7. The Hall–Kier alpha value is -1.53. The van der Waals surface area contributed by atoms with Crippen molar-refractivity contribution in [2.75, 3.05) is 51.7 Å². The Bertz CT molecular complexity index is 996. The third-order valence-electron chi connectivity index (χ3n) is 5.96. The van der Waals surface area contributed by atoms with Crippen LogP contribution in [-0.4, -0.2) is 83.0 Å². The molecule has 0 spiro atoms. The van der Waals surface area contributed by atoms with Crippen molar-refractivity contribution in [2.45, 2.75) is 31.6 Å². The van der Waals surface area contributed by atoms with E-state index in [4.69, 9.17) is 4.74 Å². The summed E-state index contributed by atoms with van der Waals surface area (Å²) in [6.45, 7) is 5.82. The van der Waals surface area contributed by atoms with Crippen molar-refractivity contribution in [1.29, 1.82) is 0 Å². The number of nitrogens with one attached hydrogen (secondary N) is 1. The number of carbonyl (C=O) groups is 1. The second-order valence-corrected chi connectivity index (χ2v) is 12.1. The van der Waals surface area contributed by atoms with E-state index in [-0.39, 0.29) is 42.1 Å². The van der Waals surface area contributed by atoms with Crippen molar-refractivity contribution < 1.29 is 26.4 Å². The number of benzene rings is 1. The molecule has 31 heavy (non-hydrogen) atoms. The van der Waals surface area contributed by atoms with E-state index in [1.54, 1.807) is 18.2 Å². The molecule has 0 atom stereocenters. The lowest BCUT2D eigenvalue weighted by Gasteiger charge is -2.31. The van der Waals surface area contributed by atoms with Crippen molar-refractivity contribution in [2.24, 2.45) is 5.92 Å². The number of aryl methyl sites for hydroxylation is 2. The summed E-state index contributed by atoms with van der Waals surface area (Å²) in [5, 5.41) is 2.70. The molecule has 11 heteroatoms. The molecule has 1 aromatic rings. The fourth-order valence-electron chi connectivity index (χ4n) is 3.78. The van der Waals surface area contributed by atoms with E-state index in [2.05, 4.69) is 5.32 Å². The van der Waals surface area contributed by atoms with E-state index < -0.39 is 20.0 Å². The molecule has 0 bridgehead atoms. The van der Waals surface area contributed by atoms with E-state index in [9.17, 15) is 21.6 Å². The van der Waals surface area contributed by atoms with Gasteiger partial charge in [0.1, 0.15) is 0 Å². The third-order valence-corrected chi connectivity index (χ3v) is 9.73. The van der Waals surface area contributed by atoms with Gasteiger partial charge in [-0.3, -0.25) is 4.79 Å². The van der Waals surface area contributed by atoms with Crippen LogP contribution in [0.15, 0.2) is 23.1 Å². The molecule has 2 saturated heterocycles. The first-order valence-electron chi connectivity index (χ1n) is 10.5. The maximum Gasteiger partial charge on any atom is 0.243 e. The summed E-state index contributed by atoms with van der Waals surface area (Å²) in [5.74, 6) is -0.698. The lowest BCUT2D eigenvalue weighted by Crippen LogP contribution is -2.45. The Morgan fingerprint density at radius 1 is 1.00 bits per heavy atom. The molecule has 2 aliphatic heterocycles. The van der Waals surface area contributed by atoms with E-state index in [0.29, 0.717) is 39.1 Å². The highest BCUT2D eigenvalue weighted by molar-refractivity contribution is 7.89.